The number of amides is 1. The Bertz CT molecular complexity index is 1020. The highest BCUT2D eigenvalue weighted by Gasteiger charge is 2.32. The average molecular weight is 450 g/mol. The van der Waals surface area contributed by atoms with Crippen LogP contribution in [0.25, 0.3) is 0 Å². The van der Waals surface area contributed by atoms with Gasteiger partial charge in [-0.15, -0.1) is 10.2 Å². The Morgan fingerprint density at radius 1 is 1.17 bits per heavy atom. The molecule has 1 aliphatic heterocycles. The summed E-state index contributed by atoms with van der Waals surface area (Å²) in [6.45, 7) is 4.18. The van der Waals surface area contributed by atoms with Crippen molar-refractivity contribution in [3.05, 3.63) is 34.8 Å². The molecule has 1 amide bonds. The predicted octanol–water partition coefficient (Wildman–Crippen LogP) is 3.51. The molecule has 1 aliphatic rings. The topological polar surface area (TPSA) is 113 Å². The number of aromatic nitrogens is 2. The number of hydrogen-bond donors (Lipinski definition) is 2. The number of hydrogen-bond acceptors (Lipinski definition) is 7. The van der Waals surface area contributed by atoms with Gasteiger partial charge in [0.05, 0.1) is 4.90 Å². The van der Waals surface area contributed by atoms with Gasteiger partial charge in [0.25, 0.3) is 15.9 Å². The molecule has 0 bridgehead atoms. The zero-order chi connectivity index (χ0) is 21.6. The molecule has 8 nitrogen and oxygen atoms in total. The number of unbranched alkanes of at least 4 members (excludes halogenated alkanes) is 3. The van der Waals surface area contributed by atoms with Gasteiger partial charge in [-0.3, -0.25) is 19.8 Å². The Morgan fingerprint density at radius 3 is 2.70 bits per heavy atom. The second kappa shape index (κ2) is 10.1. The van der Waals surface area contributed by atoms with Crippen molar-refractivity contribution in [3.8, 4) is 0 Å². The Morgan fingerprint density at radius 2 is 1.93 bits per heavy atom. The van der Waals surface area contributed by atoms with Crippen molar-refractivity contribution in [2.45, 2.75) is 69.7 Å². The third kappa shape index (κ3) is 5.42. The molecule has 0 radical (unpaired) electrons. The van der Waals surface area contributed by atoms with E-state index in [-0.39, 0.29) is 16.6 Å². The van der Waals surface area contributed by atoms with Gasteiger partial charge in [0, 0.05) is 12.0 Å². The predicted molar refractivity (Wildman–Crippen MR) is 118 cm³/mol. The van der Waals surface area contributed by atoms with Crippen LogP contribution in [0.2, 0.25) is 0 Å². The number of nitrogens with zero attached hydrogens (tertiary/aromatic N) is 3. The maximum absolute atomic E-state index is 12.9. The monoisotopic (exact) mass is 449 g/mol. The number of rotatable bonds is 10. The lowest BCUT2D eigenvalue weighted by molar-refractivity contribution is -0.117. The number of benzene rings is 1. The normalized spacial score (nSPS) is 16.8. The summed E-state index contributed by atoms with van der Waals surface area (Å²) in [6, 6.07) is 5.91. The molecule has 0 saturated heterocycles. The third-order valence-electron chi connectivity index (χ3n) is 4.77. The second-order valence-corrected chi connectivity index (χ2v) is 9.90. The first-order chi connectivity index (χ1) is 14.4. The lowest BCUT2D eigenvalue weighted by Gasteiger charge is -2.12. The maximum Gasteiger partial charge on any atom is 0.263 e. The average Bonchev–Trinajstić information content (AvgIpc) is 3.27. The van der Waals surface area contributed by atoms with E-state index >= 15 is 0 Å². The number of anilines is 1. The Labute approximate surface area is 181 Å². The molecule has 30 heavy (non-hydrogen) atoms. The molecule has 162 valence electrons. The number of aliphatic imine (C=N–C) groups is 1. The fraction of sp³-hybridized carbons (Fsp3) is 0.500. The molecule has 1 aromatic heterocycles. The molecule has 1 aromatic carbocycles. The first kappa shape index (κ1) is 22.4. The van der Waals surface area contributed by atoms with Crippen LogP contribution < -0.4 is 10.0 Å². The van der Waals surface area contributed by atoms with E-state index in [0.29, 0.717) is 17.1 Å². The van der Waals surface area contributed by atoms with Gasteiger partial charge in [-0.05, 0) is 25.0 Å². The van der Waals surface area contributed by atoms with Crippen LogP contribution in [0.1, 0.15) is 62.9 Å². The molecule has 0 saturated carbocycles. The van der Waals surface area contributed by atoms with Crippen molar-refractivity contribution in [1.29, 1.82) is 0 Å². The van der Waals surface area contributed by atoms with E-state index in [1.807, 2.05) is 6.92 Å². The lowest BCUT2D eigenvalue weighted by atomic mass is 10.1. The number of carbonyl (C=O) groups is 1. The van der Waals surface area contributed by atoms with E-state index in [2.05, 4.69) is 32.2 Å². The third-order valence-corrected chi connectivity index (χ3v) is 7.07. The molecule has 1 atom stereocenters. The minimum absolute atomic E-state index is 0.180. The van der Waals surface area contributed by atoms with Gasteiger partial charge < -0.3 is 0 Å². The van der Waals surface area contributed by atoms with Crippen LogP contribution in [-0.4, -0.2) is 36.4 Å². The van der Waals surface area contributed by atoms with E-state index in [0.717, 1.165) is 43.5 Å². The number of aryl methyl sites for hydroxylation is 1. The summed E-state index contributed by atoms with van der Waals surface area (Å²) in [4.78, 5) is 17.6. The molecule has 10 heteroatoms. The van der Waals surface area contributed by atoms with Crippen molar-refractivity contribution in [1.82, 2.24) is 14.9 Å². The van der Waals surface area contributed by atoms with Crippen LogP contribution in [-0.2, 0) is 21.2 Å². The first-order valence-electron chi connectivity index (χ1n) is 10.3. The van der Waals surface area contributed by atoms with E-state index in [1.165, 1.54) is 17.4 Å². The van der Waals surface area contributed by atoms with E-state index in [4.69, 9.17) is 0 Å². The summed E-state index contributed by atoms with van der Waals surface area (Å²) in [5.41, 5.74) is 0.487. The summed E-state index contributed by atoms with van der Waals surface area (Å²) in [5.74, 6) is -0.102. The van der Waals surface area contributed by atoms with E-state index < -0.39 is 16.1 Å². The van der Waals surface area contributed by atoms with Crippen LogP contribution >= 0.6 is 11.3 Å². The van der Waals surface area contributed by atoms with Gasteiger partial charge in [-0.2, -0.15) is 0 Å². The number of carbonyl (C=O) groups excluding carboxylic acids is 1. The van der Waals surface area contributed by atoms with Gasteiger partial charge in [0.15, 0.2) is 0 Å². The molecule has 2 N–H and O–H groups in total. The summed E-state index contributed by atoms with van der Waals surface area (Å²) < 4.78 is 27.1. The standard InChI is InChI=1S/C20H27N5O3S2/c1-3-5-7-13-17-23-24-20(29-17)22-19(26)15(11-6-4-2)21-18-14-10-8-9-12-16(14)30(27,28)25-18/h8-10,12,15H,3-7,11,13H2,1-2H3,(H,21,25)(H,22,24,26). The summed E-state index contributed by atoms with van der Waals surface area (Å²) in [7, 11) is -3.65. The first-order valence-corrected chi connectivity index (χ1v) is 12.6. The molecule has 2 aromatic rings. The van der Waals surface area contributed by atoms with Crippen LogP contribution in [0, 0.1) is 0 Å². The van der Waals surface area contributed by atoms with Crippen molar-refractivity contribution in [2.24, 2.45) is 4.99 Å². The summed E-state index contributed by atoms with van der Waals surface area (Å²) in [6.07, 6.45) is 6.37. The fourth-order valence-corrected chi connectivity index (χ4v) is 5.18. The fourth-order valence-electron chi connectivity index (χ4n) is 3.16. The molecule has 1 unspecified atom stereocenters. The van der Waals surface area contributed by atoms with Crippen LogP contribution in [0.4, 0.5) is 5.13 Å². The number of sulfonamides is 1. The largest absolute Gasteiger partial charge is 0.299 e. The zero-order valence-electron chi connectivity index (χ0n) is 17.2. The second-order valence-electron chi connectivity index (χ2n) is 7.18. The lowest BCUT2D eigenvalue weighted by Crippen LogP contribution is -2.30. The SMILES string of the molecule is CCCCCc1nnc(NC(=O)C(CCCC)N=C2NS(=O)(=O)c3ccccc32)s1. The molecular formula is C20H27N5O3S2. The van der Waals surface area contributed by atoms with Crippen LogP contribution in [0.3, 0.4) is 0 Å². The highest BCUT2D eigenvalue weighted by Crippen LogP contribution is 2.24. The van der Waals surface area contributed by atoms with Gasteiger partial charge in [-0.25, -0.2) is 8.42 Å². The van der Waals surface area contributed by atoms with Gasteiger partial charge in [-0.1, -0.05) is 63.0 Å². The quantitative estimate of drug-likeness (QED) is 0.539. The maximum atomic E-state index is 12.9. The zero-order valence-corrected chi connectivity index (χ0v) is 18.9. The van der Waals surface area contributed by atoms with E-state index in [9.17, 15) is 13.2 Å². The Hall–Kier alpha value is -2.33. The Kier molecular flexibility index (Phi) is 7.54. The minimum atomic E-state index is -3.65. The van der Waals surface area contributed by atoms with Gasteiger partial charge >= 0.3 is 0 Å². The molecule has 0 spiro atoms. The smallest absolute Gasteiger partial charge is 0.263 e. The van der Waals surface area contributed by atoms with E-state index in [1.54, 1.807) is 18.2 Å². The molecule has 2 heterocycles. The van der Waals surface area contributed by atoms with Crippen molar-refractivity contribution >= 4 is 38.2 Å². The van der Waals surface area contributed by atoms with Crippen molar-refractivity contribution in [2.75, 3.05) is 5.32 Å². The number of amidine groups is 1. The molecule has 0 aliphatic carbocycles. The number of fused-ring (bicyclic) bond motifs is 1. The minimum Gasteiger partial charge on any atom is -0.299 e. The van der Waals surface area contributed by atoms with Crippen LogP contribution in [0.5, 0.6) is 0 Å². The number of nitrogens with one attached hydrogen (secondary N) is 2. The van der Waals surface area contributed by atoms with Gasteiger partial charge in [0.2, 0.25) is 5.13 Å². The van der Waals surface area contributed by atoms with Gasteiger partial charge in [0.1, 0.15) is 16.9 Å². The highest BCUT2D eigenvalue weighted by atomic mass is 32.2. The van der Waals surface area contributed by atoms with Crippen molar-refractivity contribution < 1.29 is 13.2 Å². The summed E-state index contributed by atoms with van der Waals surface area (Å²) >= 11 is 1.37. The molecular weight excluding hydrogens is 422 g/mol. The summed E-state index contributed by atoms with van der Waals surface area (Å²) in [5, 5.41) is 12.3. The molecule has 0 fully saturated rings. The van der Waals surface area contributed by atoms with Crippen molar-refractivity contribution in [3.63, 3.8) is 0 Å². The van der Waals surface area contributed by atoms with Crippen LogP contribution in [0.15, 0.2) is 34.2 Å². The molecule has 3 rings (SSSR count). The Balaban J connectivity index is 1.76. The highest BCUT2D eigenvalue weighted by molar-refractivity contribution is 7.90.